The van der Waals surface area contributed by atoms with Gasteiger partial charge in [0, 0.05) is 0 Å². The van der Waals surface area contributed by atoms with Gasteiger partial charge in [-0.25, -0.2) is 0 Å². The molecule has 5 nitrogen and oxygen atoms in total. The Bertz CT molecular complexity index is 120. The van der Waals surface area contributed by atoms with Crippen molar-refractivity contribution in [2.45, 2.75) is 24.5 Å². The van der Waals surface area contributed by atoms with Gasteiger partial charge in [0.25, 0.3) is 0 Å². The van der Waals surface area contributed by atoms with Crippen LogP contribution in [-0.4, -0.2) is 51.5 Å². The summed E-state index contributed by atoms with van der Waals surface area (Å²) in [7, 11) is 0. The first kappa shape index (κ1) is 7.90. The van der Waals surface area contributed by atoms with E-state index < -0.39 is 24.5 Å². The van der Waals surface area contributed by atoms with Crippen LogP contribution in [0, 0.1) is 0 Å². The standard InChI is InChI=1S/C5H11NO4/c7-1-2-3(8)4(9)5(10)6-2/h2-10H,1H2/t2-,3-,4-,5?/m1/s1. The predicted octanol–water partition coefficient (Wildman–Crippen LogP) is -3.01. The van der Waals surface area contributed by atoms with Crippen molar-refractivity contribution < 1.29 is 20.4 Å². The molecule has 1 rings (SSSR count). The zero-order chi connectivity index (χ0) is 7.72. The van der Waals surface area contributed by atoms with Gasteiger partial charge in [0.1, 0.15) is 18.4 Å². The number of aliphatic hydroxyl groups excluding tert-OH is 4. The molecule has 0 spiro atoms. The van der Waals surface area contributed by atoms with E-state index in [1.54, 1.807) is 0 Å². The van der Waals surface area contributed by atoms with Gasteiger partial charge in [-0.05, 0) is 0 Å². The van der Waals surface area contributed by atoms with Gasteiger partial charge in [-0.3, -0.25) is 5.32 Å². The highest BCUT2D eigenvalue weighted by Crippen LogP contribution is 2.11. The molecule has 5 heteroatoms. The van der Waals surface area contributed by atoms with E-state index in [0.717, 1.165) is 0 Å². The fraction of sp³-hybridized carbons (Fsp3) is 1.00. The molecule has 1 fully saturated rings. The van der Waals surface area contributed by atoms with Crippen molar-refractivity contribution in [3.05, 3.63) is 0 Å². The molecule has 10 heavy (non-hydrogen) atoms. The molecule has 0 aliphatic carbocycles. The average molecular weight is 149 g/mol. The van der Waals surface area contributed by atoms with Gasteiger partial charge in [-0.15, -0.1) is 0 Å². The summed E-state index contributed by atoms with van der Waals surface area (Å²) in [5.41, 5.74) is 0. The lowest BCUT2D eigenvalue weighted by atomic mass is 10.1. The van der Waals surface area contributed by atoms with Crippen LogP contribution >= 0.6 is 0 Å². The van der Waals surface area contributed by atoms with Crippen LogP contribution in [0.15, 0.2) is 0 Å². The highest BCUT2D eigenvalue weighted by Gasteiger charge is 2.39. The van der Waals surface area contributed by atoms with Crippen LogP contribution in [0.3, 0.4) is 0 Å². The molecule has 0 aromatic heterocycles. The first-order valence-corrected chi connectivity index (χ1v) is 3.08. The van der Waals surface area contributed by atoms with Gasteiger partial charge in [0.2, 0.25) is 0 Å². The first-order valence-electron chi connectivity index (χ1n) is 3.08. The first-order chi connectivity index (χ1) is 4.66. The molecule has 1 saturated heterocycles. The van der Waals surface area contributed by atoms with E-state index in [0.29, 0.717) is 0 Å². The number of aliphatic hydroxyl groups is 4. The van der Waals surface area contributed by atoms with Crippen molar-refractivity contribution in [2.24, 2.45) is 0 Å². The van der Waals surface area contributed by atoms with Crippen LogP contribution in [0.4, 0.5) is 0 Å². The van der Waals surface area contributed by atoms with Crippen LogP contribution in [0.1, 0.15) is 0 Å². The van der Waals surface area contributed by atoms with E-state index in [9.17, 15) is 0 Å². The Kier molecular flexibility index (Phi) is 2.22. The van der Waals surface area contributed by atoms with Crippen molar-refractivity contribution >= 4 is 0 Å². The van der Waals surface area contributed by atoms with Gasteiger partial charge in [0.05, 0.1) is 12.6 Å². The van der Waals surface area contributed by atoms with E-state index in [-0.39, 0.29) is 6.61 Å². The van der Waals surface area contributed by atoms with Crippen molar-refractivity contribution in [3.8, 4) is 0 Å². The molecule has 0 saturated carbocycles. The zero-order valence-corrected chi connectivity index (χ0v) is 5.31. The maximum Gasteiger partial charge on any atom is 0.134 e. The third kappa shape index (κ3) is 1.14. The Morgan fingerprint density at radius 3 is 1.90 bits per heavy atom. The smallest absolute Gasteiger partial charge is 0.134 e. The van der Waals surface area contributed by atoms with Crippen molar-refractivity contribution in [3.63, 3.8) is 0 Å². The molecule has 0 aromatic carbocycles. The highest BCUT2D eigenvalue weighted by atomic mass is 16.4. The topological polar surface area (TPSA) is 93.0 Å². The normalized spacial score (nSPS) is 48.0. The lowest BCUT2D eigenvalue weighted by Gasteiger charge is -2.11. The van der Waals surface area contributed by atoms with E-state index >= 15 is 0 Å². The fourth-order valence-corrected chi connectivity index (χ4v) is 1.00. The molecule has 4 atom stereocenters. The molecule has 0 aromatic rings. The Labute approximate surface area is 57.9 Å². The second kappa shape index (κ2) is 2.81. The van der Waals surface area contributed by atoms with Crippen LogP contribution in [-0.2, 0) is 0 Å². The van der Waals surface area contributed by atoms with E-state index in [1.807, 2.05) is 0 Å². The third-order valence-corrected chi connectivity index (χ3v) is 1.67. The summed E-state index contributed by atoms with van der Waals surface area (Å²) in [4.78, 5) is 0. The summed E-state index contributed by atoms with van der Waals surface area (Å²) >= 11 is 0. The monoisotopic (exact) mass is 149 g/mol. The Morgan fingerprint density at radius 1 is 1.10 bits per heavy atom. The second-order valence-electron chi connectivity index (χ2n) is 2.38. The van der Waals surface area contributed by atoms with Crippen LogP contribution in [0.2, 0.25) is 0 Å². The summed E-state index contributed by atoms with van der Waals surface area (Å²) in [5, 5.41) is 37.7. The second-order valence-corrected chi connectivity index (χ2v) is 2.38. The van der Waals surface area contributed by atoms with Crippen LogP contribution in [0.25, 0.3) is 0 Å². The van der Waals surface area contributed by atoms with Gasteiger partial charge >= 0.3 is 0 Å². The number of nitrogens with one attached hydrogen (secondary N) is 1. The zero-order valence-electron chi connectivity index (χ0n) is 5.31. The van der Waals surface area contributed by atoms with Crippen molar-refractivity contribution in [1.82, 2.24) is 5.32 Å². The number of rotatable bonds is 1. The third-order valence-electron chi connectivity index (χ3n) is 1.67. The summed E-state index contributed by atoms with van der Waals surface area (Å²) in [5.74, 6) is 0. The molecule has 1 aliphatic heterocycles. The van der Waals surface area contributed by atoms with E-state index in [2.05, 4.69) is 5.32 Å². The maximum absolute atomic E-state index is 9.00. The molecule has 1 unspecified atom stereocenters. The van der Waals surface area contributed by atoms with Crippen LogP contribution < -0.4 is 5.32 Å². The Morgan fingerprint density at radius 2 is 1.70 bits per heavy atom. The summed E-state index contributed by atoms with van der Waals surface area (Å²) in [6.45, 7) is -0.296. The highest BCUT2D eigenvalue weighted by molar-refractivity contribution is 4.92. The van der Waals surface area contributed by atoms with Gasteiger partial charge < -0.3 is 20.4 Å². The maximum atomic E-state index is 9.00. The average Bonchev–Trinajstić information content (AvgIpc) is 2.17. The minimum absolute atomic E-state index is 0.296. The van der Waals surface area contributed by atoms with Crippen molar-refractivity contribution in [2.75, 3.05) is 6.61 Å². The number of hydrogen-bond acceptors (Lipinski definition) is 5. The lowest BCUT2D eigenvalue weighted by molar-refractivity contribution is -0.0256. The number of hydrogen-bond donors (Lipinski definition) is 5. The summed E-state index contributed by atoms with van der Waals surface area (Å²) in [6, 6.07) is -0.620. The van der Waals surface area contributed by atoms with E-state index in [4.69, 9.17) is 20.4 Å². The quantitative estimate of drug-likeness (QED) is 0.274. The van der Waals surface area contributed by atoms with Gasteiger partial charge in [-0.1, -0.05) is 0 Å². The molecule has 0 amide bonds. The Hall–Kier alpha value is -0.200. The predicted molar refractivity (Wildman–Crippen MR) is 32.0 cm³/mol. The molecule has 1 heterocycles. The van der Waals surface area contributed by atoms with Gasteiger partial charge in [-0.2, -0.15) is 0 Å². The van der Waals surface area contributed by atoms with E-state index in [1.165, 1.54) is 0 Å². The summed E-state index contributed by atoms with van der Waals surface area (Å²) < 4.78 is 0. The molecular formula is C5H11NO4. The van der Waals surface area contributed by atoms with Crippen LogP contribution in [0.5, 0.6) is 0 Å². The summed E-state index contributed by atoms with van der Waals surface area (Å²) in [6.07, 6.45) is -3.41. The molecule has 60 valence electrons. The molecule has 0 bridgehead atoms. The fourth-order valence-electron chi connectivity index (χ4n) is 1.00. The minimum Gasteiger partial charge on any atom is -0.395 e. The minimum atomic E-state index is -1.20. The molecule has 5 N–H and O–H groups in total. The SMILES string of the molecule is OC[C@H]1NC(O)[C@H](O)[C@@H]1O. The van der Waals surface area contributed by atoms with Crippen molar-refractivity contribution in [1.29, 1.82) is 0 Å². The molecular weight excluding hydrogens is 138 g/mol. The largest absolute Gasteiger partial charge is 0.395 e. The molecule has 0 radical (unpaired) electrons. The lowest BCUT2D eigenvalue weighted by Crippen LogP contribution is -2.36. The molecule has 1 aliphatic rings. The Balaban J connectivity index is 2.53. The van der Waals surface area contributed by atoms with Gasteiger partial charge in [0.15, 0.2) is 0 Å².